The largest absolute Gasteiger partial charge is 0.493 e. The van der Waals surface area contributed by atoms with E-state index < -0.39 is 12.1 Å². The maximum absolute atomic E-state index is 10.2. The summed E-state index contributed by atoms with van der Waals surface area (Å²) in [5.41, 5.74) is 12.0. The topological polar surface area (TPSA) is 90.7 Å². The van der Waals surface area contributed by atoms with Gasteiger partial charge in [0.2, 0.25) is 0 Å². The van der Waals surface area contributed by atoms with Crippen LogP contribution < -0.4 is 20.9 Å². The molecule has 0 radical (unpaired) electrons. The lowest BCUT2D eigenvalue weighted by Crippen LogP contribution is -2.31. The van der Waals surface area contributed by atoms with Gasteiger partial charge >= 0.3 is 0 Å². The van der Waals surface area contributed by atoms with Crippen molar-refractivity contribution in [3.05, 3.63) is 22.2 Å². The molecule has 0 aliphatic carbocycles. The van der Waals surface area contributed by atoms with E-state index in [1.165, 1.54) is 0 Å². The lowest BCUT2D eigenvalue weighted by molar-refractivity contribution is 0.142. The molecule has 0 aliphatic rings. The molecule has 0 saturated heterocycles. The Morgan fingerprint density at radius 3 is 2.33 bits per heavy atom. The molecule has 0 saturated carbocycles. The zero-order valence-electron chi connectivity index (χ0n) is 10.5. The summed E-state index contributed by atoms with van der Waals surface area (Å²) in [6.07, 6.45) is -0.259. The third-order valence-corrected chi connectivity index (χ3v) is 3.41. The second-order valence-corrected chi connectivity index (χ2v) is 4.77. The molecule has 0 fully saturated rings. The summed E-state index contributed by atoms with van der Waals surface area (Å²) < 4.78 is 11.1. The SMILES string of the molecule is COc1cc(Br)c(C(O)C(N)CCN)cc1OC. The van der Waals surface area contributed by atoms with Crippen LogP contribution in [0, 0.1) is 0 Å². The van der Waals surface area contributed by atoms with E-state index in [0.717, 1.165) is 4.47 Å². The van der Waals surface area contributed by atoms with Gasteiger partial charge in [0.05, 0.1) is 20.3 Å². The van der Waals surface area contributed by atoms with Gasteiger partial charge in [0.15, 0.2) is 11.5 Å². The van der Waals surface area contributed by atoms with Crippen molar-refractivity contribution in [2.45, 2.75) is 18.6 Å². The average molecular weight is 319 g/mol. The third-order valence-electron chi connectivity index (χ3n) is 2.73. The first kappa shape index (κ1) is 15.2. The van der Waals surface area contributed by atoms with E-state index in [9.17, 15) is 5.11 Å². The molecule has 1 rings (SSSR count). The maximum Gasteiger partial charge on any atom is 0.161 e. The van der Waals surface area contributed by atoms with E-state index >= 15 is 0 Å². The molecule has 1 aromatic carbocycles. The van der Waals surface area contributed by atoms with Crippen LogP contribution in [0.1, 0.15) is 18.1 Å². The Labute approximate surface area is 115 Å². The summed E-state index contributed by atoms with van der Waals surface area (Å²) in [7, 11) is 3.10. The van der Waals surface area contributed by atoms with E-state index in [1.807, 2.05) is 0 Å². The van der Waals surface area contributed by atoms with Crippen molar-refractivity contribution in [2.24, 2.45) is 11.5 Å². The average Bonchev–Trinajstić information content (AvgIpc) is 2.37. The molecule has 0 aliphatic heterocycles. The predicted octanol–water partition coefficient (Wildman–Crippen LogP) is 1.18. The molecule has 5 N–H and O–H groups in total. The molecule has 6 heteroatoms. The van der Waals surface area contributed by atoms with E-state index in [-0.39, 0.29) is 0 Å². The first-order valence-electron chi connectivity index (χ1n) is 5.60. The van der Waals surface area contributed by atoms with Crippen LogP contribution in [-0.4, -0.2) is 31.9 Å². The minimum atomic E-state index is -0.803. The number of methoxy groups -OCH3 is 2. The van der Waals surface area contributed by atoms with Gasteiger partial charge in [-0.15, -0.1) is 0 Å². The lowest BCUT2D eigenvalue weighted by atomic mass is 10.00. The fourth-order valence-electron chi connectivity index (χ4n) is 1.68. The molecule has 102 valence electrons. The van der Waals surface area contributed by atoms with Crippen molar-refractivity contribution in [1.82, 2.24) is 0 Å². The summed E-state index contributed by atoms with van der Waals surface area (Å²) in [5, 5.41) is 10.2. The van der Waals surface area contributed by atoms with E-state index in [4.69, 9.17) is 20.9 Å². The molecule has 0 heterocycles. The standard InChI is InChI=1S/C12H19BrN2O3/c1-17-10-5-7(8(13)6-11(10)18-2)12(16)9(15)3-4-14/h5-6,9,12,16H,3-4,14-15H2,1-2H3. The Balaban J connectivity index is 3.08. The summed E-state index contributed by atoms with van der Waals surface area (Å²) in [6, 6.07) is 3.04. The van der Waals surface area contributed by atoms with Gasteiger partial charge in [0.25, 0.3) is 0 Å². The summed E-state index contributed by atoms with van der Waals surface area (Å²) >= 11 is 3.39. The van der Waals surface area contributed by atoms with E-state index in [1.54, 1.807) is 26.4 Å². The Hall–Kier alpha value is -0.820. The first-order chi connectivity index (χ1) is 8.54. The first-order valence-corrected chi connectivity index (χ1v) is 6.39. The van der Waals surface area contributed by atoms with Gasteiger partial charge in [-0.3, -0.25) is 0 Å². The lowest BCUT2D eigenvalue weighted by Gasteiger charge is -2.21. The normalized spacial score (nSPS) is 14.1. The van der Waals surface area contributed by atoms with Crippen molar-refractivity contribution in [3.8, 4) is 11.5 Å². The summed E-state index contributed by atoms with van der Waals surface area (Å²) in [6.45, 7) is 0.434. The molecule has 0 spiro atoms. The van der Waals surface area contributed by atoms with Crippen molar-refractivity contribution >= 4 is 15.9 Å². The third kappa shape index (κ3) is 3.35. The van der Waals surface area contributed by atoms with Crippen molar-refractivity contribution in [3.63, 3.8) is 0 Å². The monoisotopic (exact) mass is 318 g/mol. The number of hydrogen-bond donors (Lipinski definition) is 3. The molecule has 0 aromatic heterocycles. The molecule has 2 unspecified atom stereocenters. The van der Waals surface area contributed by atoms with Gasteiger partial charge in [-0.25, -0.2) is 0 Å². The Bertz CT molecular complexity index is 401. The molecular formula is C12H19BrN2O3. The number of hydrogen-bond acceptors (Lipinski definition) is 5. The second kappa shape index (κ2) is 6.94. The van der Waals surface area contributed by atoms with Gasteiger partial charge in [0, 0.05) is 16.1 Å². The predicted molar refractivity (Wildman–Crippen MR) is 73.9 cm³/mol. The summed E-state index contributed by atoms with van der Waals surface area (Å²) in [5.74, 6) is 1.14. The van der Waals surface area contributed by atoms with E-state index in [0.29, 0.717) is 30.0 Å². The maximum atomic E-state index is 10.2. The highest BCUT2D eigenvalue weighted by Crippen LogP contribution is 2.36. The number of ether oxygens (including phenoxy) is 2. The van der Waals surface area contributed by atoms with Gasteiger partial charge < -0.3 is 26.0 Å². The molecule has 0 amide bonds. The minimum Gasteiger partial charge on any atom is -0.493 e. The van der Waals surface area contributed by atoms with Gasteiger partial charge in [-0.2, -0.15) is 0 Å². The van der Waals surface area contributed by atoms with E-state index in [2.05, 4.69) is 15.9 Å². The van der Waals surface area contributed by atoms with Crippen LogP contribution in [0.3, 0.4) is 0 Å². The zero-order chi connectivity index (χ0) is 13.7. The number of halogens is 1. The van der Waals surface area contributed by atoms with Crippen LogP contribution >= 0.6 is 15.9 Å². The molecule has 1 aromatic rings. The van der Waals surface area contributed by atoms with Crippen molar-refractivity contribution in [1.29, 1.82) is 0 Å². The van der Waals surface area contributed by atoms with Crippen molar-refractivity contribution in [2.75, 3.05) is 20.8 Å². The zero-order valence-corrected chi connectivity index (χ0v) is 12.1. The fraction of sp³-hybridized carbons (Fsp3) is 0.500. The highest BCUT2D eigenvalue weighted by molar-refractivity contribution is 9.10. The molecular weight excluding hydrogens is 300 g/mol. The number of aliphatic hydroxyl groups is 1. The quantitative estimate of drug-likeness (QED) is 0.732. The van der Waals surface area contributed by atoms with Crippen LogP contribution in [0.25, 0.3) is 0 Å². The molecule has 18 heavy (non-hydrogen) atoms. The van der Waals surface area contributed by atoms with Crippen LogP contribution in [0.4, 0.5) is 0 Å². The summed E-state index contributed by atoms with van der Waals surface area (Å²) in [4.78, 5) is 0. The highest BCUT2D eigenvalue weighted by atomic mass is 79.9. The number of nitrogens with two attached hydrogens (primary N) is 2. The molecule has 0 bridgehead atoms. The van der Waals surface area contributed by atoms with Crippen LogP contribution in [-0.2, 0) is 0 Å². The minimum absolute atomic E-state index is 0.413. The molecule has 5 nitrogen and oxygen atoms in total. The number of rotatable bonds is 6. The van der Waals surface area contributed by atoms with Crippen LogP contribution in [0.5, 0.6) is 11.5 Å². The second-order valence-electron chi connectivity index (χ2n) is 3.91. The highest BCUT2D eigenvalue weighted by Gasteiger charge is 2.21. The smallest absolute Gasteiger partial charge is 0.161 e. The Morgan fingerprint density at radius 2 is 1.83 bits per heavy atom. The molecule has 2 atom stereocenters. The van der Waals surface area contributed by atoms with Crippen molar-refractivity contribution < 1.29 is 14.6 Å². The number of aliphatic hydroxyl groups excluding tert-OH is 1. The number of benzene rings is 1. The van der Waals surface area contributed by atoms with Gasteiger partial charge in [-0.1, -0.05) is 15.9 Å². The Kier molecular flexibility index (Phi) is 5.87. The van der Waals surface area contributed by atoms with Crippen LogP contribution in [0.2, 0.25) is 0 Å². The van der Waals surface area contributed by atoms with Gasteiger partial charge in [0.1, 0.15) is 0 Å². The van der Waals surface area contributed by atoms with Crippen LogP contribution in [0.15, 0.2) is 16.6 Å². The Morgan fingerprint density at radius 1 is 1.28 bits per heavy atom. The fourth-order valence-corrected chi connectivity index (χ4v) is 2.23. The van der Waals surface area contributed by atoms with Gasteiger partial charge in [-0.05, 0) is 25.1 Å².